The lowest BCUT2D eigenvalue weighted by atomic mass is 10.3. The quantitative estimate of drug-likeness (QED) is 0.581. The molecule has 2 rings (SSSR count). The summed E-state index contributed by atoms with van der Waals surface area (Å²) < 4.78 is 22.1. The van der Waals surface area contributed by atoms with Crippen LogP contribution in [0.2, 0.25) is 0 Å². The second-order valence-electron chi connectivity index (χ2n) is 2.50. The van der Waals surface area contributed by atoms with Crippen LogP contribution in [0, 0.1) is 0 Å². The van der Waals surface area contributed by atoms with Gasteiger partial charge < -0.3 is 0 Å². The maximum atomic E-state index is 11.1. The first-order chi connectivity index (χ1) is 5.67. The first-order valence-electron chi connectivity index (χ1n) is 3.38. The van der Waals surface area contributed by atoms with E-state index >= 15 is 0 Å². The minimum atomic E-state index is -3.08. The largest absolute Gasteiger partial charge is 0.256 e. The van der Waals surface area contributed by atoms with Gasteiger partial charge >= 0.3 is 0 Å². The van der Waals surface area contributed by atoms with Gasteiger partial charge in [0.15, 0.2) is 9.84 Å². The Labute approximate surface area is 69.9 Å². The van der Waals surface area contributed by atoms with Crippen molar-refractivity contribution in [2.45, 2.75) is 5.75 Å². The normalized spacial score (nSPS) is 18.7. The molecule has 0 saturated carbocycles. The van der Waals surface area contributed by atoms with Gasteiger partial charge in [0.2, 0.25) is 0 Å². The summed E-state index contributed by atoms with van der Waals surface area (Å²) in [6.07, 6.45) is 4.51. The maximum Gasteiger partial charge on any atom is 0.177 e. The van der Waals surface area contributed by atoms with Crippen LogP contribution in [0.4, 0.5) is 0 Å². The Morgan fingerprint density at radius 1 is 1.25 bits per heavy atom. The van der Waals surface area contributed by atoms with Crippen LogP contribution in [-0.4, -0.2) is 18.4 Å². The molecule has 1 aliphatic rings. The summed E-state index contributed by atoms with van der Waals surface area (Å²) in [6, 6.07) is 0. The molecule has 62 valence electrons. The second-order valence-corrected chi connectivity index (χ2v) is 4.38. The Bertz CT molecular complexity index is 436. The van der Waals surface area contributed by atoms with Crippen molar-refractivity contribution in [2.75, 3.05) is 0 Å². The zero-order valence-corrected chi connectivity index (χ0v) is 6.95. The van der Waals surface area contributed by atoms with E-state index in [4.69, 9.17) is 0 Å². The van der Waals surface area contributed by atoms with Crippen LogP contribution in [0.3, 0.4) is 0 Å². The van der Waals surface area contributed by atoms with E-state index in [9.17, 15) is 8.42 Å². The lowest BCUT2D eigenvalue weighted by Gasteiger charge is -2.06. The third-order valence-corrected chi connectivity index (χ3v) is 2.80. The van der Waals surface area contributed by atoms with Gasteiger partial charge in [-0.1, -0.05) is 0 Å². The molecule has 1 aromatic heterocycles. The average molecular weight is 182 g/mol. The molecule has 4 nitrogen and oxygen atoms in total. The SMILES string of the molecule is O=S1(=O)C=Cc2nccnc2C1. The van der Waals surface area contributed by atoms with Crippen LogP contribution in [0.25, 0.3) is 6.08 Å². The van der Waals surface area contributed by atoms with Gasteiger partial charge in [0.05, 0.1) is 17.1 Å². The number of fused-ring (bicyclic) bond motifs is 1. The van der Waals surface area contributed by atoms with Crippen LogP contribution in [0.1, 0.15) is 11.4 Å². The smallest absolute Gasteiger partial charge is 0.177 e. The Morgan fingerprint density at radius 3 is 2.83 bits per heavy atom. The lowest BCUT2D eigenvalue weighted by Crippen LogP contribution is -2.08. The van der Waals surface area contributed by atoms with Crippen LogP contribution in [-0.2, 0) is 15.6 Å². The molecule has 0 radical (unpaired) electrons. The van der Waals surface area contributed by atoms with E-state index in [0.29, 0.717) is 11.4 Å². The van der Waals surface area contributed by atoms with Crippen molar-refractivity contribution in [3.63, 3.8) is 0 Å². The molecule has 0 aromatic carbocycles. The molecular weight excluding hydrogens is 176 g/mol. The summed E-state index contributed by atoms with van der Waals surface area (Å²) >= 11 is 0. The minimum Gasteiger partial charge on any atom is -0.256 e. The van der Waals surface area contributed by atoms with E-state index in [0.717, 1.165) is 0 Å². The maximum absolute atomic E-state index is 11.1. The Hall–Kier alpha value is -1.23. The predicted molar refractivity (Wildman–Crippen MR) is 43.7 cm³/mol. The number of hydrogen-bond acceptors (Lipinski definition) is 4. The molecule has 1 aromatic rings. The molecule has 0 saturated heterocycles. The van der Waals surface area contributed by atoms with Gasteiger partial charge in [0, 0.05) is 17.8 Å². The van der Waals surface area contributed by atoms with Gasteiger partial charge in [0.25, 0.3) is 0 Å². The van der Waals surface area contributed by atoms with E-state index in [1.807, 2.05) is 0 Å². The standard InChI is InChI=1S/C7H6N2O2S/c10-12(11)4-1-6-7(5-12)9-3-2-8-6/h1-4H,5H2. The fourth-order valence-electron chi connectivity index (χ4n) is 1.03. The molecule has 2 heterocycles. The third-order valence-electron chi connectivity index (χ3n) is 1.58. The highest BCUT2D eigenvalue weighted by atomic mass is 32.2. The summed E-state index contributed by atoms with van der Waals surface area (Å²) in [5.74, 6) is -0.0350. The van der Waals surface area contributed by atoms with Crippen molar-refractivity contribution in [3.05, 3.63) is 29.2 Å². The molecule has 0 amide bonds. The molecule has 0 bridgehead atoms. The summed E-state index contributed by atoms with van der Waals surface area (Å²) in [5.41, 5.74) is 1.17. The Kier molecular flexibility index (Phi) is 1.47. The number of sulfone groups is 1. The van der Waals surface area contributed by atoms with E-state index in [-0.39, 0.29) is 5.75 Å². The lowest BCUT2D eigenvalue weighted by molar-refractivity contribution is 0.602. The highest BCUT2D eigenvalue weighted by Gasteiger charge is 2.16. The number of hydrogen-bond donors (Lipinski definition) is 0. The molecule has 5 heteroatoms. The van der Waals surface area contributed by atoms with E-state index in [1.165, 1.54) is 17.7 Å². The molecular formula is C7H6N2O2S. The van der Waals surface area contributed by atoms with Crippen molar-refractivity contribution in [1.29, 1.82) is 0 Å². The average Bonchev–Trinajstić information content (AvgIpc) is 2.02. The molecule has 0 N–H and O–H groups in total. The molecule has 0 atom stereocenters. The molecule has 12 heavy (non-hydrogen) atoms. The van der Waals surface area contributed by atoms with Gasteiger partial charge in [-0.2, -0.15) is 0 Å². The van der Waals surface area contributed by atoms with Crippen LogP contribution in [0.5, 0.6) is 0 Å². The van der Waals surface area contributed by atoms with Gasteiger partial charge in [0.1, 0.15) is 0 Å². The summed E-state index contributed by atoms with van der Waals surface area (Å²) in [7, 11) is -3.08. The minimum absolute atomic E-state index is 0.0350. The summed E-state index contributed by atoms with van der Waals surface area (Å²) in [6.45, 7) is 0. The van der Waals surface area contributed by atoms with Gasteiger partial charge in [-0.3, -0.25) is 9.97 Å². The molecule has 0 spiro atoms. The zero-order valence-electron chi connectivity index (χ0n) is 6.14. The van der Waals surface area contributed by atoms with Crippen molar-refractivity contribution < 1.29 is 8.42 Å². The highest BCUT2D eigenvalue weighted by molar-refractivity contribution is 7.93. The van der Waals surface area contributed by atoms with Crippen molar-refractivity contribution >= 4 is 15.9 Å². The molecule has 1 aliphatic heterocycles. The van der Waals surface area contributed by atoms with E-state index in [1.54, 1.807) is 6.20 Å². The molecule has 0 fully saturated rings. The fourth-order valence-corrected chi connectivity index (χ4v) is 2.07. The fraction of sp³-hybridized carbons (Fsp3) is 0.143. The predicted octanol–water partition coefficient (Wildman–Crippen LogP) is 0.376. The summed E-state index contributed by atoms with van der Waals surface area (Å²) in [5, 5.41) is 1.17. The van der Waals surface area contributed by atoms with Gasteiger partial charge in [-0.25, -0.2) is 8.42 Å². The van der Waals surface area contributed by atoms with Crippen molar-refractivity contribution in [3.8, 4) is 0 Å². The Balaban J connectivity index is 2.61. The Morgan fingerprint density at radius 2 is 2.00 bits per heavy atom. The zero-order chi connectivity index (χ0) is 8.60. The van der Waals surface area contributed by atoms with E-state index in [2.05, 4.69) is 9.97 Å². The number of nitrogens with zero attached hydrogens (tertiary/aromatic N) is 2. The molecule has 0 aliphatic carbocycles. The van der Waals surface area contributed by atoms with Crippen LogP contribution < -0.4 is 0 Å². The molecule has 0 unspecified atom stereocenters. The van der Waals surface area contributed by atoms with Gasteiger partial charge in [-0.05, 0) is 6.08 Å². The topological polar surface area (TPSA) is 59.9 Å². The number of rotatable bonds is 0. The monoisotopic (exact) mass is 182 g/mol. The first kappa shape index (κ1) is 7.42. The van der Waals surface area contributed by atoms with Gasteiger partial charge in [-0.15, -0.1) is 0 Å². The van der Waals surface area contributed by atoms with Crippen LogP contribution >= 0.6 is 0 Å². The summed E-state index contributed by atoms with van der Waals surface area (Å²) in [4.78, 5) is 7.89. The number of aromatic nitrogens is 2. The van der Waals surface area contributed by atoms with Crippen LogP contribution in [0.15, 0.2) is 17.8 Å². The van der Waals surface area contributed by atoms with Crippen molar-refractivity contribution in [2.24, 2.45) is 0 Å². The second kappa shape index (κ2) is 2.38. The highest BCUT2D eigenvalue weighted by Crippen LogP contribution is 2.16. The first-order valence-corrected chi connectivity index (χ1v) is 5.10. The van der Waals surface area contributed by atoms with E-state index < -0.39 is 9.84 Å². The third kappa shape index (κ3) is 1.23. The van der Waals surface area contributed by atoms with Crippen molar-refractivity contribution in [1.82, 2.24) is 9.97 Å².